The number of phosphoric ester groups is 1. The number of allylic oxidation sites excluding steroid dienone is 4. The first kappa shape index (κ1) is 50.5. The summed E-state index contributed by atoms with van der Waals surface area (Å²) in [6.07, 6.45) is 36.4. The topological polar surface area (TPSA) is 108 Å². The van der Waals surface area contributed by atoms with Crippen molar-refractivity contribution in [1.29, 1.82) is 0 Å². The lowest BCUT2D eigenvalue weighted by molar-refractivity contribution is -0.870. The van der Waals surface area contributed by atoms with Crippen LogP contribution in [0.5, 0.6) is 0 Å². The summed E-state index contributed by atoms with van der Waals surface area (Å²) >= 11 is 0. The Morgan fingerprint density at radius 1 is 0.596 bits per heavy atom. The second kappa shape index (κ2) is 35.2. The van der Waals surface area contributed by atoms with Crippen molar-refractivity contribution in [3.8, 4) is 0 Å². The number of carbonyl (C=O) groups is 2. The molecule has 0 bridgehead atoms. The van der Waals surface area contributed by atoms with Gasteiger partial charge in [0.1, 0.15) is 19.8 Å². The molecule has 0 aliphatic heterocycles. The minimum absolute atomic E-state index is 0.0308. The number of carbonyl (C=O) groups excluding carboxylic acids is 2. The van der Waals surface area contributed by atoms with E-state index in [-0.39, 0.29) is 25.6 Å². The standard InChI is InChI=1S/C42H80NO8P/c1-6-8-10-12-14-16-18-20-21-23-25-27-29-31-33-35-42(45)51-40(39-50-52(46,47)49-37-36-43(3,4)5)38-48-41(44)34-32-30-28-26-24-22-19-17-15-13-11-9-7-2/h14,16,18,20,40H,6-13,15,17,19,21-39H2,1-5H3/p+1/b16-14-,20-18+/t40-/m1/s1. The maximum Gasteiger partial charge on any atom is 0.472 e. The van der Waals surface area contributed by atoms with Crippen molar-refractivity contribution in [3.63, 3.8) is 0 Å². The average molecular weight is 759 g/mol. The van der Waals surface area contributed by atoms with Gasteiger partial charge in [-0.2, -0.15) is 0 Å². The summed E-state index contributed by atoms with van der Waals surface area (Å²) in [5, 5.41) is 0. The predicted molar refractivity (Wildman–Crippen MR) is 215 cm³/mol. The molecule has 0 radical (unpaired) electrons. The van der Waals surface area contributed by atoms with Crippen molar-refractivity contribution in [2.24, 2.45) is 0 Å². The minimum atomic E-state index is -4.37. The first-order valence-corrected chi connectivity index (χ1v) is 22.6. The van der Waals surface area contributed by atoms with Crippen LogP contribution in [0.3, 0.4) is 0 Å². The Morgan fingerprint density at radius 2 is 1.02 bits per heavy atom. The van der Waals surface area contributed by atoms with Gasteiger partial charge >= 0.3 is 19.8 Å². The fourth-order valence-electron chi connectivity index (χ4n) is 5.65. The van der Waals surface area contributed by atoms with Crippen molar-refractivity contribution in [1.82, 2.24) is 0 Å². The Balaban J connectivity index is 4.40. The van der Waals surface area contributed by atoms with Gasteiger partial charge < -0.3 is 18.9 Å². The molecule has 0 aliphatic carbocycles. The number of nitrogens with zero attached hydrogens (tertiary/aromatic N) is 1. The Labute approximate surface area is 319 Å². The molecule has 0 spiro atoms. The van der Waals surface area contributed by atoms with Gasteiger partial charge in [-0.1, -0.05) is 154 Å². The van der Waals surface area contributed by atoms with E-state index < -0.39 is 26.5 Å². The van der Waals surface area contributed by atoms with Crippen LogP contribution in [-0.2, 0) is 32.7 Å². The van der Waals surface area contributed by atoms with Crippen molar-refractivity contribution >= 4 is 19.8 Å². The molecule has 0 rings (SSSR count). The number of likely N-dealkylation sites (N-methyl/N-ethyl adjacent to an activating group) is 1. The van der Waals surface area contributed by atoms with Crippen molar-refractivity contribution in [2.45, 2.75) is 187 Å². The molecule has 306 valence electrons. The van der Waals surface area contributed by atoms with Crippen molar-refractivity contribution < 1.29 is 42.1 Å². The van der Waals surface area contributed by atoms with Crippen LogP contribution in [0.25, 0.3) is 0 Å². The number of quaternary nitrogens is 1. The van der Waals surface area contributed by atoms with Crippen LogP contribution in [0.2, 0.25) is 0 Å². The van der Waals surface area contributed by atoms with Crippen LogP contribution in [0.15, 0.2) is 24.3 Å². The summed E-state index contributed by atoms with van der Waals surface area (Å²) in [6.45, 7) is 4.38. The van der Waals surface area contributed by atoms with E-state index in [1.807, 2.05) is 21.1 Å². The van der Waals surface area contributed by atoms with Gasteiger partial charge in [0.05, 0.1) is 27.7 Å². The lowest BCUT2D eigenvalue weighted by Crippen LogP contribution is -2.37. The SMILES string of the molecule is CCCCC/C=C\C=C\CCCCCCCCC(=O)O[C@H](COC(=O)CCCCCCCCCCCCCCC)COP(=O)(O)OCC[N+](C)(C)C. The monoisotopic (exact) mass is 759 g/mol. The smallest absolute Gasteiger partial charge is 0.462 e. The molecule has 0 saturated carbocycles. The zero-order valence-corrected chi connectivity index (χ0v) is 35.2. The number of unbranched alkanes of at least 4 members (excludes halogenated alkanes) is 21. The zero-order chi connectivity index (χ0) is 38.6. The molecule has 1 N–H and O–H groups in total. The molecule has 0 saturated heterocycles. The molecule has 0 aliphatic rings. The molecule has 0 aromatic carbocycles. The second-order valence-electron chi connectivity index (χ2n) is 15.4. The molecule has 0 aromatic rings. The third-order valence-corrected chi connectivity index (χ3v) is 10.00. The minimum Gasteiger partial charge on any atom is -0.462 e. The number of ether oxygens (including phenoxy) is 2. The van der Waals surface area contributed by atoms with Gasteiger partial charge in [0, 0.05) is 12.8 Å². The van der Waals surface area contributed by atoms with Gasteiger partial charge in [-0.25, -0.2) is 4.57 Å². The second-order valence-corrected chi connectivity index (χ2v) is 16.9. The van der Waals surface area contributed by atoms with E-state index in [1.165, 1.54) is 83.5 Å². The third kappa shape index (κ3) is 38.2. The van der Waals surface area contributed by atoms with Gasteiger partial charge in [-0.3, -0.25) is 18.6 Å². The lowest BCUT2D eigenvalue weighted by atomic mass is 10.0. The van der Waals surface area contributed by atoms with E-state index >= 15 is 0 Å². The Morgan fingerprint density at radius 3 is 1.52 bits per heavy atom. The summed E-state index contributed by atoms with van der Waals surface area (Å²) in [5.41, 5.74) is 0. The van der Waals surface area contributed by atoms with Gasteiger partial charge in [0.2, 0.25) is 0 Å². The van der Waals surface area contributed by atoms with E-state index in [0.29, 0.717) is 23.9 Å². The largest absolute Gasteiger partial charge is 0.472 e. The number of hydrogen-bond acceptors (Lipinski definition) is 7. The molecule has 52 heavy (non-hydrogen) atoms. The molecule has 0 amide bonds. The highest BCUT2D eigenvalue weighted by atomic mass is 31.2. The van der Waals surface area contributed by atoms with Crippen LogP contribution >= 0.6 is 7.82 Å². The first-order chi connectivity index (χ1) is 25.0. The van der Waals surface area contributed by atoms with Crippen molar-refractivity contribution in [3.05, 3.63) is 24.3 Å². The molecule has 0 aromatic heterocycles. The fraction of sp³-hybridized carbons (Fsp3) is 0.857. The lowest BCUT2D eigenvalue weighted by Gasteiger charge is -2.24. The van der Waals surface area contributed by atoms with E-state index in [2.05, 4.69) is 38.2 Å². The van der Waals surface area contributed by atoms with Crippen molar-refractivity contribution in [2.75, 3.05) is 47.5 Å². The van der Waals surface area contributed by atoms with Gasteiger partial charge in [0.15, 0.2) is 6.10 Å². The van der Waals surface area contributed by atoms with Crippen LogP contribution < -0.4 is 0 Å². The van der Waals surface area contributed by atoms with Gasteiger partial charge in [-0.15, -0.1) is 0 Å². The quantitative estimate of drug-likeness (QED) is 0.0218. The maximum atomic E-state index is 12.7. The fourth-order valence-corrected chi connectivity index (χ4v) is 6.39. The highest BCUT2D eigenvalue weighted by Gasteiger charge is 2.27. The predicted octanol–water partition coefficient (Wildman–Crippen LogP) is 11.6. The van der Waals surface area contributed by atoms with E-state index in [9.17, 15) is 19.0 Å². The highest BCUT2D eigenvalue weighted by molar-refractivity contribution is 7.47. The van der Waals surface area contributed by atoms with Gasteiger partial charge in [0.25, 0.3) is 0 Å². The molecule has 0 fully saturated rings. The highest BCUT2D eigenvalue weighted by Crippen LogP contribution is 2.43. The summed E-state index contributed by atoms with van der Waals surface area (Å²) in [6, 6.07) is 0. The molecule has 0 heterocycles. The molecular formula is C42H81NO8P+. The molecule has 2 atom stereocenters. The van der Waals surface area contributed by atoms with E-state index in [1.54, 1.807) is 0 Å². The van der Waals surface area contributed by atoms with E-state index in [4.69, 9.17) is 18.5 Å². The number of phosphoric acid groups is 1. The van der Waals surface area contributed by atoms with Crippen LogP contribution in [-0.4, -0.2) is 74.9 Å². The van der Waals surface area contributed by atoms with Crippen LogP contribution in [0.4, 0.5) is 0 Å². The maximum absolute atomic E-state index is 12.7. The van der Waals surface area contributed by atoms with Crippen LogP contribution in [0, 0.1) is 0 Å². The molecular weight excluding hydrogens is 677 g/mol. The third-order valence-electron chi connectivity index (χ3n) is 9.01. The van der Waals surface area contributed by atoms with Gasteiger partial charge in [-0.05, 0) is 38.5 Å². The first-order valence-electron chi connectivity index (χ1n) is 21.1. The summed E-state index contributed by atoms with van der Waals surface area (Å²) < 4.78 is 34.2. The Hall–Kier alpha value is -1.51. The zero-order valence-electron chi connectivity index (χ0n) is 34.3. The number of rotatable bonds is 38. The molecule has 1 unspecified atom stereocenters. The molecule has 9 nitrogen and oxygen atoms in total. The number of hydrogen-bond donors (Lipinski definition) is 1. The average Bonchev–Trinajstić information content (AvgIpc) is 3.09. The Bertz CT molecular complexity index is 949. The number of esters is 2. The Kier molecular flexibility index (Phi) is 34.2. The summed E-state index contributed by atoms with van der Waals surface area (Å²) in [4.78, 5) is 35.3. The normalized spacial score (nSPS) is 13.9. The van der Waals surface area contributed by atoms with Crippen LogP contribution in [0.1, 0.15) is 181 Å². The molecule has 10 heteroatoms. The van der Waals surface area contributed by atoms with E-state index in [0.717, 1.165) is 64.2 Å². The summed E-state index contributed by atoms with van der Waals surface area (Å²) in [5.74, 6) is -0.808. The summed E-state index contributed by atoms with van der Waals surface area (Å²) in [7, 11) is 1.47.